The predicted molar refractivity (Wildman–Crippen MR) is 68.0 cm³/mol. The molecule has 0 saturated heterocycles. The molecule has 1 heterocycles. The van der Waals surface area contributed by atoms with Gasteiger partial charge in [0.2, 0.25) is 0 Å². The summed E-state index contributed by atoms with van der Waals surface area (Å²) in [6.07, 6.45) is 10.1. The Morgan fingerprint density at radius 3 is 1.50 bits per heavy atom. The van der Waals surface area contributed by atoms with Gasteiger partial charge in [-0.2, -0.15) is 0 Å². The standard InChI is InChI=1S/C14H22O4/c15-13-9-5-6-10-14(16)18-12-8-4-2-1-3-7-11-17-13/h5-6H,1-4,7-12H2/b6-5+. The zero-order valence-electron chi connectivity index (χ0n) is 10.9. The van der Waals surface area contributed by atoms with Crippen LogP contribution in [-0.4, -0.2) is 25.2 Å². The average Bonchev–Trinajstić information content (AvgIpc) is 2.35. The van der Waals surface area contributed by atoms with Gasteiger partial charge in [0.1, 0.15) is 0 Å². The minimum Gasteiger partial charge on any atom is -0.465 e. The SMILES string of the molecule is O=C1C/C=C/CC(=O)OCCCCCCCCO1. The maximum atomic E-state index is 11.3. The second-order valence-electron chi connectivity index (χ2n) is 4.44. The van der Waals surface area contributed by atoms with Crippen molar-refractivity contribution in [2.75, 3.05) is 13.2 Å². The van der Waals surface area contributed by atoms with Crippen molar-refractivity contribution >= 4 is 11.9 Å². The number of carbonyl (C=O) groups excluding carboxylic acids is 2. The molecule has 0 atom stereocenters. The molecule has 4 nitrogen and oxygen atoms in total. The largest absolute Gasteiger partial charge is 0.465 e. The van der Waals surface area contributed by atoms with Crippen LogP contribution in [0.1, 0.15) is 51.4 Å². The van der Waals surface area contributed by atoms with Crippen LogP contribution >= 0.6 is 0 Å². The number of cyclic esters (lactones) is 2. The van der Waals surface area contributed by atoms with Gasteiger partial charge in [-0.1, -0.05) is 37.8 Å². The quantitative estimate of drug-likeness (QED) is 0.492. The summed E-state index contributed by atoms with van der Waals surface area (Å²) in [4.78, 5) is 22.5. The highest BCUT2D eigenvalue weighted by atomic mass is 16.5. The Hall–Kier alpha value is -1.32. The second kappa shape index (κ2) is 9.68. The Kier molecular flexibility index (Phi) is 7.93. The van der Waals surface area contributed by atoms with Gasteiger partial charge in [-0.05, 0) is 12.8 Å². The van der Waals surface area contributed by atoms with Gasteiger partial charge in [0.05, 0.1) is 26.1 Å². The van der Waals surface area contributed by atoms with Gasteiger partial charge >= 0.3 is 11.9 Å². The van der Waals surface area contributed by atoms with Crippen LogP contribution in [0.2, 0.25) is 0 Å². The van der Waals surface area contributed by atoms with E-state index in [1.807, 2.05) is 0 Å². The third-order valence-corrected chi connectivity index (χ3v) is 2.80. The van der Waals surface area contributed by atoms with Crippen LogP contribution in [0.3, 0.4) is 0 Å². The Bertz CT molecular complexity index is 256. The van der Waals surface area contributed by atoms with E-state index < -0.39 is 0 Å². The van der Waals surface area contributed by atoms with Gasteiger partial charge in [-0.3, -0.25) is 9.59 Å². The first-order valence-corrected chi connectivity index (χ1v) is 6.75. The minimum atomic E-state index is -0.230. The summed E-state index contributed by atoms with van der Waals surface area (Å²) in [5, 5.41) is 0. The van der Waals surface area contributed by atoms with E-state index in [2.05, 4.69) is 0 Å². The highest BCUT2D eigenvalue weighted by Crippen LogP contribution is 2.07. The average molecular weight is 254 g/mol. The van der Waals surface area contributed by atoms with Gasteiger partial charge in [0.25, 0.3) is 0 Å². The lowest BCUT2D eigenvalue weighted by molar-refractivity contribution is -0.144. The number of carbonyl (C=O) groups is 2. The first kappa shape index (κ1) is 14.7. The van der Waals surface area contributed by atoms with Crippen LogP contribution in [-0.2, 0) is 19.1 Å². The lowest BCUT2D eigenvalue weighted by atomic mass is 10.1. The van der Waals surface area contributed by atoms with Gasteiger partial charge in [0.15, 0.2) is 0 Å². The fraction of sp³-hybridized carbons (Fsp3) is 0.714. The molecule has 0 spiro atoms. The lowest BCUT2D eigenvalue weighted by Crippen LogP contribution is -2.06. The molecule has 18 heavy (non-hydrogen) atoms. The van der Waals surface area contributed by atoms with Crippen molar-refractivity contribution in [3.63, 3.8) is 0 Å². The zero-order chi connectivity index (χ0) is 13.1. The van der Waals surface area contributed by atoms with Crippen molar-refractivity contribution in [1.82, 2.24) is 0 Å². The molecular weight excluding hydrogens is 232 g/mol. The Morgan fingerprint density at radius 2 is 1.06 bits per heavy atom. The topological polar surface area (TPSA) is 52.6 Å². The van der Waals surface area contributed by atoms with Crippen LogP contribution < -0.4 is 0 Å². The minimum absolute atomic E-state index is 0.229. The molecule has 0 bridgehead atoms. The van der Waals surface area contributed by atoms with E-state index in [0.29, 0.717) is 13.2 Å². The molecule has 0 N–H and O–H groups in total. The summed E-state index contributed by atoms with van der Waals surface area (Å²) in [5.74, 6) is -0.460. The third kappa shape index (κ3) is 7.87. The van der Waals surface area contributed by atoms with Crippen LogP contribution in [0.25, 0.3) is 0 Å². The molecule has 0 radical (unpaired) electrons. The van der Waals surface area contributed by atoms with Crippen molar-refractivity contribution in [2.24, 2.45) is 0 Å². The first-order valence-electron chi connectivity index (χ1n) is 6.75. The third-order valence-electron chi connectivity index (χ3n) is 2.80. The molecule has 0 unspecified atom stereocenters. The van der Waals surface area contributed by atoms with Crippen molar-refractivity contribution in [3.05, 3.63) is 12.2 Å². The highest BCUT2D eigenvalue weighted by Gasteiger charge is 2.02. The van der Waals surface area contributed by atoms with Gasteiger partial charge in [-0.25, -0.2) is 0 Å². The van der Waals surface area contributed by atoms with E-state index in [9.17, 15) is 9.59 Å². The molecule has 4 heteroatoms. The monoisotopic (exact) mass is 254 g/mol. The molecular formula is C14H22O4. The molecule has 0 aromatic heterocycles. The number of hydrogen-bond acceptors (Lipinski definition) is 4. The van der Waals surface area contributed by atoms with E-state index >= 15 is 0 Å². The van der Waals surface area contributed by atoms with E-state index in [1.165, 1.54) is 0 Å². The van der Waals surface area contributed by atoms with E-state index in [-0.39, 0.29) is 24.8 Å². The Labute approximate surface area is 108 Å². The Morgan fingerprint density at radius 1 is 0.667 bits per heavy atom. The summed E-state index contributed by atoms with van der Waals surface area (Å²) in [7, 11) is 0. The molecule has 1 rings (SSSR count). The summed E-state index contributed by atoms with van der Waals surface area (Å²) in [6, 6.07) is 0. The van der Waals surface area contributed by atoms with Gasteiger partial charge in [0, 0.05) is 0 Å². The maximum absolute atomic E-state index is 11.3. The molecule has 0 amide bonds. The van der Waals surface area contributed by atoms with Gasteiger partial charge in [-0.15, -0.1) is 0 Å². The molecule has 102 valence electrons. The number of esters is 2. The molecule has 0 aromatic rings. The number of hydrogen-bond donors (Lipinski definition) is 0. The summed E-state index contributed by atoms with van der Waals surface area (Å²) >= 11 is 0. The summed E-state index contributed by atoms with van der Waals surface area (Å²) in [5.41, 5.74) is 0. The predicted octanol–water partition coefficient (Wildman–Crippen LogP) is 2.76. The number of rotatable bonds is 0. The summed E-state index contributed by atoms with van der Waals surface area (Å²) in [6.45, 7) is 1.02. The van der Waals surface area contributed by atoms with Crippen molar-refractivity contribution in [2.45, 2.75) is 51.4 Å². The van der Waals surface area contributed by atoms with Crippen molar-refractivity contribution in [3.8, 4) is 0 Å². The van der Waals surface area contributed by atoms with Crippen LogP contribution in [0, 0.1) is 0 Å². The fourth-order valence-corrected chi connectivity index (χ4v) is 1.76. The summed E-state index contributed by atoms with van der Waals surface area (Å²) < 4.78 is 10.1. The fourth-order valence-electron chi connectivity index (χ4n) is 1.76. The van der Waals surface area contributed by atoms with Crippen LogP contribution in [0.15, 0.2) is 12.2 Å². The van der Waals surface area contributed by atoms with E-state index in [1.54, 1.807) is 12.2 Å². The lowest BCUT2D eigenvalue weighted by Gasteiger charge is -2.05. The second-order valence-corrected chi connectivity index (χ2v) is 4.44. The molecule has 0 aromatic carbocycles. The molecule has 0 saturated carbocycles. The maximum Gasteiger partial charge on any atom is 0.309 e. The van der Waals surface area contributed by atoms with E-state index in [0.717, 1.165) is 38.5 Å². The Balaban J connectivity index is 2.31. The molecule has 0 fully saturated rings. The van der Waals surface area contributed by atoms with Crippen molar-refractivity contribution in [1.29, 1.82) is 0 Å². The molecule has 1 aliphatic heterocycles. The van der Waals surface area contributed by atoms with E-state index in [4.69, 9.17) is 9.47 Å². The first-order chi connectivity index (χ1) is 8.79. The zero-order valence-corrected chi connectivity index (χ0v) is 10.9. The molecule has 0 aliphatic carbocycles. The normalized spacial score (nSPS) is 22.9. The molecule has 1 aliphatic rings. The highest BCUT2D eigenvalue weighted by molar-refractivity contribution is 5.73. The van der Waals surface area contributed by atoms with Crippen molar-refractivity contribution < 1.29 is 19.1 Å². The smallest absolute Gasteiger partial charge is 0.309 e. The van der Waals surface area contributed by atoms with Crippen LogP contribution in [0.5, 0.6) is 0 Å². The van der Waals surface area contributed by atoms with Gasteiger partial charge < -0.3 is 9.47 Å². The number of ether oxygens (including phenoxy) is 2. The van der Waals surface area contributed by atoms with Crippen LogP contribution in [0.4, 0.5) is 0 Å².